The molecule has 10 nitrogen and oxygen atoms in total. The van der Waals surface area contributed by atoms with Crippen LogP contribution in [-0.2, 0) is 24.7 Å². The van der Waals surface area contributed by atoms with Gasteiger partial charge in [-0.2, -0.15) is 18.3 Å². The van der Waals surface area contributed by atoms with E-state index in [4.69, 9.17) is 0 Å². The standard InChI is InChI=1S/C25H26BrF3N4O6S2/c1-30-24(35)23-20-12-19(15-5-6-15)22(13-21(20)31-33(23)17-9-7-16(26)8-10-17)32(40(2,36)37)11-3-4-18(34)14-41(38,39)25(27,28)29/h7-10,12-13,15H,3-6,11,14H2,1-2H3,(H,30,35). The molecule has 1 fully saturated rings. The number of Topliss-reactive ketones (excluding diaryl/α,β-unsaturated/α-hetero) is 1. The fourth-order valence-electron chi connectivity index (χ4n) is 4.43. The van der Waals surface area contributed by atoms with Crippen molar-refractivity contribution in [1.29, 1.82) is 0 Å². The quantitative estimate of drug-likeness (QED) is 0.323. The Balaban J connectivity index is 1.73. The number of ketones is 1. The van der Waals surface area contributed by atoms with Gasteiger partial charge >= 0.3 is 5.51 Å². The lowest BCUT2D eigenvalue weighted by Gasteiger charge is -2.25. The van der Waals surface area contributed by atoms with Crippen molar-refractivity contribution in [3.63, 3.8) is 0 Å². The molecule has 1 N–H and O–H groups in total. The topological polar surface area (TPSA) is 136 Å². The van der Waals surface area contributed by atoms with Crippen molar-refractivity contribution >= 4 is 64.1 Å². The number of hydrogen-bond donors (Lipinski definition) is 1. The third kappa shape index (κ3) is 6.75. The van der Waals surface area contributed by atoms with Crippen LogP contribution in [0.1, 0.15) is 47.7 Å². The van der Waals surface area contributed by atoms with Crippen molar-refractivity contribution in [2.24, 2.45) is 0 Å². The Morgan fingerprint density at radius 1 is 1.12 bits per heavy atom. The number of nitrogens with one attached hydrogen (secondary N) is 1. The molecule has 222 valence electrons. The molecule has 41 heavy (non-hydrogen) atoms. The van der Waals surface area contributed by atoms with Crippen molar-refractivity contribution in [1.82, 2.24) is 15.1 Å². The van der Waals surface area contributed by atoms with Gasteiger partial charge in [0.25, 0.3) is 15.7 Å². The Labute approximate surface area is 243 Å². The van der Waals surface area contributed by atoms with E-state index >= 15 is 0 Å². The smallest absolute Gasteiger partial charge is 0.354 e. The van der Waals surface area contributed by atoms with Crippen molar-refractivity contribution in [2.45, 2.75) is 37.1 Å². The first-order valence-electron chi connectivity index (χ1n) is 12.4. The molecule has 0 bridgehead atoms. The summed E-state index contributed by atoms with van der Waals surface area (Å²) in [6.45, 7) is -0.280. The maximum atomic E-state index is 13.0. The third-order valence-corrected chi connectivity index (χ3v) is 9.66. The number of sulfonamides is 1. The molecule has 1 aliphatic rings. The molecule has 0 saturated heterocycles. The summed E-state index contributed by atoms with van der Waals surface area (Å²) in [5, 5.41) is 7.70. The first-order valence-corrected chi connectivity index (χ1v) is 16.7. The molecular weight excluding hydrogens is 653 g/mol. The molecule has 0 radical (unpaired) electrons. The summed E-state index contributed by atoms with van der Waals surface area (Å²) in [4.78, 5) is 25.0. The van der Waals surface area contributed by atoms with Crippen LogP contribution in [0.2, 0.25) is 0 Å². The number of halogens is 4. The lowest BCUT2D eigenvalue weighted by molar-refractivity contribution is -0.117. The molecule has 0 atom stereocenters. The van der Waals surface area contributed by atoms with Crippen molar-refractivity contribution < 1.29 is 39.6 Å². The monoisotopic (exact) mass is 678 g/mol. The average molecular weight is 680 g/mol. The normalized spacial score (nSPS) is 14.3. The first-order chi connectivity index (χ1) is 19.0. The van der Waals surface area contributed by atoms with Gasteiger partial charge < -0.3 is 5.32 Å². The zero-order valence-electron chi connectivity index (χ0n) is 21.9. The van der Waals surface area contributed by atoms with E-state index < -0.39 is 49.2 Å². The summed E-state index contributed by atoms with van der Waals surface area (Å²) >= 11 is 3.37. The summed E-state index contributed by atoms with van der Waals surface area (Å²) in [5.41, 5.74) is -3.46. The van der Waals surface area contributed by atoms with Crippen LogP contribution in [0.25, 0.3) is 16.6 Å². The molecule has 1 saturated carbocycles. The van der Waals surface area contributed by atoms with Gasteiger partial charge in [-0.3, -0.25) is 13.9 Å². The number of carbonyl (C=O) groups excluding carboxylic acids is 2. The summed E-state index contributed by atoms with van der Waals surface area (Å²) in [6, 6.07) is 10.3. The van der Waals surface area contributed by atoms with Gasteiger partial charge in [-0.05, 0) is 67.1 Å². The number of rotatable bonds is 11. The molecule has 1 heterocycles. The number of hydrogen-bond acceptors (Lipinski definition) is 7. The van der Waals surface area contributed by atoms with Gasteiger partial charge in [0.2, 0.25) is 10.0 Å². The molecule has 0 aliphatic heterocycles. The molecule has 4 rings (SSSR count). The minimum absolute atomic E-state index is 0.00535. The highest BCUT2D eigenvalue weighted by molar-refractivity contribution is 9.10. The SMILES string of the molecule is CNC(=O)c1c2cc(C3CC3)c(N(CCCC(=O)CS(=O)(=O)C(F)(F)F)S(C)(=O)=O)cc2nn1-c1ccc(Br)cc1. The molecule has 1 amide bonds. The van der Waals surface area contributed by atoms with Crippen LogP contribution in [0.4, 0.5) is 18.9 Å². The lowest BCUT2D eigenvalue weighted by Crippen LogP contribution is -2.33. The molecule has 1 aromatic heterocycles. The van der Waals surface area contributed by atoms with E-state index in [0.717, 1.165) is 27.9 Å². The van der Waals surface area contributed by atoms with Crippen molar-refractivity contribution in [3.8, 4) is 5.69 Å². The summed E-state index contributed by atoms with van der Waals surface area (Å²) < 4.78 is 89.6. The van der Waals surface area contributed by atoms with Gasteiger partial charge in [-0.25, -0.2) is 21.5 Å². The molecule has 16 heteroatoms. The molecule has 0 unspecified atom stereocenters. The largest absolute Gasteiger partial charge is 0.497 e. The summed E-state index contributed by atoms with van der Waals surface area (Å²) in [7, 11) is -8.09. The van der Waals surface area contributed by atoms with E-state index in [9.17, 15) is 39.6 Å². The van der Waals surface area contributed by atoms with Gasteiger partial charge in [0.15, 0.2) is 0 Å². The van der Waals surface area contributed by atoms with E-state index in [2.05, 4.69) is 26.3 Å². The van der Waals surface area contributed by atoms with Crippen LogP contribution in [-0.4, -0.2) is 69.4 Å². The molecular formula is C25H26BrF3N4O6S2. The zero-order chi connectivity index (χ0) is 30.3. The maximum absolute atomic E-state index is 13.0. The second kappa shape index (κ2) is 11.4. The van der Waals surface area contributed by atoms with Crippen LogP contribution in [0.5, 0.6) is 0 Å². The van der Waals surface area contributed by atoms with E-state index in [1.54, 1.807) is 36.4 Å². The number of amides is 1. The van der Waals surface area contributed by atoms with E-state index in [1.807, 2.05) is 0 Å². The number of sulfone groups is 1. The minimum Gasteiger partial charge on any atom is -0.354 e. The van der Waals surface area contributed by atoms with Crippen LogP contribution < -0.4 is 9.62 Å². The number of carbonyl (C=O) groups is 2. The fraction of sp³-hybridized carbons (Fsp3) is 0.400. The zero-order valence-corrected chi connectivity index (χ0v) is 25.1. The highest BCUT2D eigenvalue weighted by Gasteiger charge is 2.46. The van der Waals surface area contributed by atoms with Crippen molar-refractivity contribution in [3.05, 3.63) is 52.1 Å². The predicted octanol–water partition coefficient (Wildman–Crippen LogP) is 4.07. The second-order valence-electron chi connectivity index (χ2n) is 9.70. The summed E-state index contributed by atoms with van der Waals surface area (Å²) in [6.07, 6.45) is 1.74. The predicted molar refractivity (Wildman–Crippen MR) is 150 cm³/mol. The molecule has 1 aliphatic carbocycles. The number of anilines is 1. The first kappa shape index (κ1) is 31.0. The van der Waals surface area contributed by atoms with Gasteiger partial charge in [-0.1, -0.05) is 15.9 Å². The van der Waals surface area contributed by atoms with Gasteiger partial charge in [0.1, 0.15) is 17.2 Å². The number of fused-ring (bicyclic) bond motifs is 1. The molecule has 0 spiro atoms. The van der Waals surface area contributed by atoms with Crippen molar-refractivity contribution in [2.75, 3.05) is 29.9 Å². The fourth-order valence-corrected chi connectivity index (χ4v) is 6.40. The highest BCUT2D eigenvalue weighted by Crippen LogP contribution is 2.46. The van der Waals surface area contributed by atoms with Crippen LogP contribution in [0, 0.1) is 0 Å². The van der Waals surface area contributed by atoms with E-state index in [-0.39, 0.29) is 30.3 Å². The van der Waals surface area contributed by atoms with Gasteiger partial charge in [-0.15, -0.1) is 0 Å². The van der Waals surface area contributed by atoms with Crippen LogP contribution >= 0.6 is 15.9 Å². The van der Waals surface area contributed by atoms with Crippen LogP contribution in [0.3, 0.4) is 0 Å². The van der Waals surface area contributed by atoms with Gasteiger partial charge in [0.05, 0.1) is 23.1 Å². The van der Waals surface area contributed by atoms with E-state index in [0.29, 0.717) is 22.2 Å². The highest BCUT2D eigenvalue weighted by atomic mass is 79.9. The Morgan fingerprint density at radius 3 is 2.29 bits per heavy atom. The Kier molecular flexibility index (Phi) is 8.58. The van der Waals surface area contributed by atoms with E-state index in [1.165, 1.54) is 11.7 Å². The number of benzene rings is 2. The Morgan fingerprint density at radius 2 is 1.76 bits per heavy atom. The molecule has 3 aromatic rings. The van der Waals surface area contributed by atoms with Crippen LogP contribution in [0.15, 0.2) is 40.9 Å². The number of alkyl halides is 3. The third-order valence-electron chi connectivity index (χ3n) is 6.54. The Bertz CT molecular complexity index is 1720. The number of nitrogens with zero attached hydrogens (tertiary/aromatic N) is 3. The minimum atomic E-state index is -5.63. The number of aromatic nitrogens is 2. The lowest BCUT2D eigenvalue weighted by atomic mass is 10.0. The summed E-state index contributed by atoms with van der Waals surface area (Å²) in [5.74, 6) is -3.27. The Hall–Kier alpha value is -2.98. The molecule has 2 aromatic carbocycles. The second-order valence-corrected chi connectivity index (χ2v) is 14.5. The van der Waals surface area contributed by atoms with Gasteiger partial charge in [0, 0.05) is 29.9 Å². The average Bonchev–Trinajstić information content (AvgIpc) is 3.64. The maximum Gasteiger partial charge on any atom is 0.497 e.